The molecule has 0 saturated carbocycles. The van der Waals surface area contributed by atoms with Crippen molar-refractivity contribution < 1.29 is 9.53 Å². The second-order valence-corrected chi connectivity index (χ2v) is 7.91. The van der Waals surface area contributed by atoms with E-state index in [0.717, 1.165) is 48.8 Å². The molecular weight excluding hydrogens is 372 g/mol. The van der Waals surface area contributed by atoms with Gasteiger partial charge < -0.3 is 10.1 Å². The van der Waals surface area contributed by atoms with Crippen molar-refractivity contribution >= 4 is 23.3 Å². The Morgan fingerprint density at radius 2 is 2.25 bits per heavy atom. The van der Waals surface area contributed by atoms with Crippen LogP contribution in [-0.4, -0.2) is 39.1 Å². The maximum absolute atomic E-state index is 12.7. The molecule has 3 heterocycles. The summed E-state index contributed by atoms with van der Waals surface area (Å²) < 4.78 is 7.50. The quantitative estimate of drug-likeness (QED) is 0.633. The fraction of sp³-hybridized carbons (Fsp3) is 0.381. The number of pyridine rings is 1. The predicted octanol–water partition coefficient (Wildman–Crippen LogP) is 3.21. The van der Waals surface area contributed by atoms with E-state index in [9.17, 15) is 4.79 Å². The zero-order valence-corrected chi connectivity index (χ0v) is 16.7. The van der Waals surface area contributed by atoms with Crippen LogP contribution in [0.5, 0.6) is 5.75 Å². The van der Waals surface area contributed by atoms with Crippen molar-refractivity contribution in [2.75, 3.05) is 18.6 Å². The number of carbonyl (C=O) groups excluding carboxylic acids is 1. The number of ether oxygens (including phenoxy) is 1. The average molecular weight is 397 g/mol. The molecule has 28 heavy (non-hydrogen) atoms. The third-order valence-electron chi connectivity index (χ3n) is 4.99. The summed E-state index contributed by atoms with van der Waals surface area (Å²) >= 11 is 1.76. The fourth-order valence-corrected chi connectivity index (χ4v) is 3.99. The highest BCUT2D eigenvalue weighted by atomic mass is 32.2. The molecule has 0 spiro atoms. The summed E-state index contributed by atoms with van der Waals surface area (Å²) in [6, 6.07) is 11.9. The number of hydrogen-bond acceptors (Lipinski definition) is 5. The molecule has 1 amide bonds. The van der Waals surface area contributed by atoms with E-state index < -0.39 is 0 Å². The van der Waals surface area contributed by atoms with Gasteiger partial charge in [-0.3, -0.25) is 9.20 Å². The van der Waals surface area contributed by atoms with E-state index in [4.69, 9.17) is 4.74 Å². The number of hydrogen-bond donors (Lipinski definition) is 1. The van der Waals surface area contributed by atoms with Crippen molar-refractivity contribution in [1.29, 1.82) is 0 Å². The topological polar surface area (TPSA) is 68.5 Å². The molecule has 146 valence electrons. The SMILES string of the molecule is CSCCC(NC(=O)CCc1ccc2c(c1)CCO2)c1nnc2ccccn12. The molecule has 1 N–H and O–H groups in total. The summed E-state index contributed by atoms with van der Waals surface area (Å²) in [7, 11) is 0. The number of carbonyl (C=O) groups is 1. The zero-order chi connectivity index (χ0) is 19.3. The van der Waals surface area contributed by atoms with Crippen molar-refractivity contribution in [2.24, 2.45) is 0 Å². The summed E-state index contributed by atoms with van der Waals surface area (Å²) in [6.07, 6.45) is 6.94. The number of fused-ring (bicyclic) bond motifs is 2. The third kappa shape index (κ3) is 4.14. The molecular formula is C21H24N4O2S. The van der Waals surface area contributed by atoms with E-state index in [1.807, 2.05) is 34.9 Å². The van der Waals surface area contributed by atoms with Gasteiger partial charge in [0.15, 0.2) is 11.5 Å². The number of rotatable bonds is 8. The highest BCUT2D eigenvalue weighted by Crippen LogP contribution is 2.26. The lowest BCUT2D eigenvalue weighted by atomic mass is 10.0. The Morgan fingerprint density at radius 1 is 1.32 bits per heavy atom. The van der Waals surface area contributed by atoms with Crippen molar-refractivity contribution in [3.63, 3.8) is 0 Å². The van der Waals surface area contributed by atoms with E-state index in [1.165, 1.54) is 11.1 Å². The van der Waals surface area contributed by atoms with Gasteiger partial charge >= 0.3 is 0 Å². The van der Waals surface area contributed by atoms with Crippen LogP contribution in [0, 0.1) is 0 Å². The van der Waals surface area contributed by atoms with Gasteiger partial charge in [-0.05, 0) is 54.2 Å². The molecule has 2 aromatic heterocycles. The summed E-state index contributed by atoms with van der Waals surface area (Å²) in [5.74, 6) is 2.74. The van der Waals surface area contributed by atoms with Gasteiger partial charge in [-0.25, -0.2) is 0 Å². The second kappa shape index (κ2) is 8.65. The maximum Gasteiger partial charge on any atom is 0.220 e. The molecule has 1 aliphatic rings. The molecule has 0 fully saturated rings. The number of thioether (sulfide) groups is 1. The number of benzene rings is 1. The normalized spacial score (nSPS) is 13.9. The summed E-state index contributed by atoms with van der Waals surface area (Å²) in [6.45, 7) is 0.753. The van der Waals surface area contributed by atoms with Crippen LogP contribution in [0.25, 0.3) is 5.65 Å². The highest BCUT2D eigenvalue weighted by molar-refractivity contribution is 7.98. The first kappa shape index (κ1) is 18.8. The van der Waals surface area contributed by atoms with Crippen molar-refractivity contribution in [3.05, 3.63) is 59.5 Å². The minimum atomic E-state index is -0.147. The first-order valence-corrected chi connectivity index (χ1v) is 11.0. The molecule has 1 atom stereocenters. The smallest absolute Gasteiger partial charge is 0.220 e. The van der Waals surface area contributed by atoms with Gasteiger partial charge in [-0.2, -0.15) is 11.8 Å². The Labute approximate surface area is 168 Å². The van der Waals surface area contributed by atoms with Gasteiger partial charge in [0.1, 0.15) is 5.75 Å². The molecule has 6 nitrogen and oxygen atoms in total. The van der Waals surface area contributed by atoms with Gasteiger partial charge in [-0.1, -0.05) is 18.2 Å². The minimum Gasteiger partial charge on any atom is -0.493 e. The van der Waals surface area contributed by atoms with Gasteiger partial charge in [-0.15, -0.1) is 10.2 Å². The Bertz CT molecular complexity index is 972. The molecule has 4 rings (SSSR count). The highest BCUT2D eigenvalue weighted by Gasteiger charge is 2.20. The largest absolute Gasteiger partial charge is 0.493 e. The van der Waals surface area contributed by atoms with Crippen LogP contribution in [0.15, 0.2) is 42.6 Å². The van der Waals surface area contributed by atoms with Gasteiger partial charge in [0.2, 0.25) is 5.91 Å². The van der Waals surface area contributed by atoms with Crippen molar-refractivity contribution in [1.82, 2.24) is 19.9 Å². The zero-order valence-electron chi connectivity index (χ0n) is 15.9. The molecule has 1 aromatic carbocycles. The number of aryl methyl sites for hydroxylation is 1. The van der Waals surface area contributed by atoms with Crippen molar-refractivity contribution in [3.8, 4) is 5.75 Å². The monoisotopic (exact) mass is 396 g/mol. The van der Waals surface area contributed by atoms with E-state index in [0.29, 0.717) is 6.42 Å². The second-order valence-electron chi connectivity index (χ2n) is 6.93. The lowest BCUT2D eigenvalue weighted by Gasteiger charge is -2.17. The van der Waals surface area contributed by atoms with E-state index in [1.54, 1.807) is 11.8 Å². The van der Waals surface area contributed by atoms with Crippen LogP contribution >= 0.6 is 11.8 Å². The first-order chi connectivity index (χ1) is 13.7. The van der Waals surface area contributed by atoms with Crippen molar-refractivity contribution in [2.45, 2.75) is 31.7 Å². The Hall–Kier alpha value is -2.54. The molecule has 0 saturated heterocycles. The van der Waals surface area contributed by atoms with Crippen LogP contribution in [0.3, 0.4) is 0 Å². The number of amides is 1. The molecule has 0 aliphatic carbocycles. The lowest BCUT2D eigenvalue weighted by molar-refractivity contribution is -0.121. The first-order valence-electron chi connectivity index (χ1n) is 9.57. The minimum absolute atomic E-state index is 0.0375. The summed E-state index contributed by atoms with van der Waals surface area (Å²) in [5, 5.41) is 11.7. The van der Waals surface area contributed by atoms with Crippen LogP contribution in [0.1, 0.15) is 35.8 Å². The standard InChI is InChI=1S/C21H24N4O2S/c1-28-13-10-17(21-24-23-19-4-2-3-11-25(19)21)22-20(26)8-6-15-5-7-18-16(14-15)9-12-27-18/h2-5,7,11,14,17H,6,8-10,12-13H2,1H3,(H,22,26). The molecule has 7 heteroatoms. The van der Waals surface area contributed by atoms with Crippen LogP contribution < -0.4 is 10.1 Å². The number of nitrogens with one attached hydrogen (secondary N) is 1. The van der Waals surface area contributed by atoms with Gasteiger partial charge in [0.05, 0.1) is 12.6 Å². The van der Waals surface area contributed by atoms with E-state index in [-0.39, 0.29) is 11.9 Å². The number of nitrogens with zero attached hydrogens (tertiary/aromatic N) is 3. The summed E-state index contributed by atoms with van der Waals surface area (Å²) in [4.78, 5) is 12.7. The Kier molecular flexibility index (Phi) is 5.81. The third-order valence-corrected chi connectivity index (χ3v) is 5.64. The molecule has 0 radical (unpaired) electrons. The summed E-state index contributed by atoms with van der Waals surface area (Å²) in [5.41, 5.74) is 3.21. The van der Waals surface area contributed by atoms with Crippen LogP contribution in [0.2, 0.25) is 0 Å². The van der Waals surface area contributed by atoms with Gasteiger partial charge in [0, 0.05) is 19.0 Å². The molecule has 1 aliphatic heterocycles. The average Bonchev–Trinajstić information content (AvgIpc) is 3.36. The lowest BCUT2D eigenvalue weighted by Crippen LogP contribution is -2.30. The number of aromatic nitrogens is 3. The Morgan fingerprint density at radius 3 is 3.14 bits per heavy atom. The van der Waals surface area contributed by atoms with E-state index >= 15 is 0 Å². The van der Waals surface area contributed by atoms with Gasteiger partial charge in [0.25, 0.3) is 0 Å². The molecule has 3 aromatic rings. The van der Waals surface area contributed by atoms with Crippen LogP contribution in [0.4, 0.5) is 0 Å². The maximum atomic E-state index is 12.7. The molecule has 1 unspecified atom stereocenters. The van der Waals surface area contributed by atoms with E-state index in [2.05, 4.69) is 33.9 Å². The fourth-order valence-electron chi connectivity index (χ4n) is 3.52. The predicted molar refractivity (Wildman–Crippen MR) is 111 cm³/mol. The van der Waals surface area contributed by atoms with Crippen LogP contribution in [-0.2, 0) is 17.6 Å². The Balaban J connectivity index is 1.42. The molecule has 0 bridgehead atoms.